The maximum absolute atomic E-state index is 12.5. The van der Waals surface area contributed by atoms with Crippen LogP contribution < -0.4 is 5.32 Å². The number of hydrogen-bond acceptors (Lipinski definition) is 4. The molecule has 0 aliphatic carbocycles. The minimum absolute atomic E-state index is 0.0391. The molecular formula is C20H28N4O2. The van der Waals surface area contributed by atoms with Crippen molar-refractivity contribution in [2.75, 3.05) is 39.9 Å². The van der Waals surface area contributed by atoms with Crippen LogP contribution >= 0.6 is 0 Å². The summed E-state index contributed by atoms with van der Waals surface area (Å²) in [5.74, 6) is 0. The number of aromatic nitrogens is 1. The van der Waals surface area contributed by atoms with Crippen molar-refractivity contribution in [3.05, 3.63) is 42.2 Å². The van der Waals surface area contributed by atoms with Gasteiger partial charge in [-0.3, -0.25) is 9.88 Å². The Kier molecular flexibility index (Phi) is 6.41. The fourth-order valence-electron chi connectivity index (χ4n) is 3.47. The van der Waals surface area contributed by atoms with Crippen LogP contribution in [0.2, 0.25) is 0 Å². The van der Waals surface area contributed by atoms with E-state index < -0.39 is 0 Å². The summed E-state index contributed by atoms with van der Waals surface area (Å²) in [4.78, 5) is 20.9. The zero-order chi connectivity index (χ0) is 18.4. The van der Waals surface area contributed by atoms with Crippen LogP contribution in [0.3, 0.4) is 0 Å². The summed E-state index contributed by atoms with van der Waals surface area (Å²) < 4.78 is 5.42. The van der Waals surface area contributed by atoms with E-state index in [0.29, 0.717) is 19.1 Å². The molecule has 1 atom stereocenters. The summed E-state index contributed by atoms with van der Waals surface area (Å²) >= 11 is 0. The number of urea groups is 1. The summed E-state index contributed by atoms with van der Waals surface area (Å²) in [6, 6.07) is 8.44. The van der Waals surface area contributed by atoms with E-state index in [2.05, 4.69) is 28.2 Å². The average Bonchev–Trinajstić information content (AvgIpc) is 2.69. The highest BCUT2D eigenvalue weighted by Gasteiger charge is 2.20. The van der Waals surface area contributed by atoms with Crippen molar-refractivity contribution in [2.45, 2.75) is 25.9 Å². The zero-order valence-corrected chi connectivity index (χ0v) is 15.6. The van der Waals surface area contributed by atoms with Gasteiger partial charge in [0.25, 0.3) is 0 Å². The number of pyridine rings is 1. The van der Waals surface area contributed by atoms with Gasteiger partial charge >= 0.3 is 6.03 Å². The van der Waals surface area contributed by atoms with Gasteiger partial charge in [-0.2, -0.15) is 0 Å². The first-order valence-corrected chi connectivity index (χ1v) is 9.31. The molecule has 2 heterocycles. The average molecular weight is 356 g/mol. The fourth-order valence-corrected chi connectivity index (χ4v) is 3.47. The number of rotatable bonds is 6. The highest BCUT2D eigenvalue weighted by molar-refractivity contribution is 5.85. The van der Waals surface area contributed by atoms with Crippen molar-refractivity contribution in [3.8, 4) is 0 Å². The van der Waals surface area contributed by atoms with E-state index >= 15 is 0 Å². The highest BCUT2D eigenvalue weighted by atomic mass is 16.5. The Bertz CT molecular complexity index is 725. The summed E-state index contributed by atoms with van der Waals surface area (Å²) in [7, 11) is 1.84. The molecule has 1 aromatic heterocycles. The van der Waals surface area contributed by atoms with Gasteiger partial charge in [0.2, 0.25) is 0 Å². The van der Waals surface area contributed by atoms with Crippen molar-refractivity contribution < 1.29 is 9.53 Å². The van der Waals surface area contributed by atoms with E-state index in [1.54, 1.807) is 11.1 Å². The number of carbonyl (C=O) groups excluding carboxylic acids is 1. The fraction of sp³-hybridized carbons (Fsp3) is 0.500. The van der Waals surface area contributed by atoms with Crippen molar-refractivity contribution in [2.24, 2.45) is 0 Å². The third-order valence-electron chi connectivity index (χ3n) is 5.05. The van der Waals surface area contributed by atoms with Crippen molar-refractivity contribution in [3.63, 3.8) is 0 Å². The molecule has 1 aliphatic heterocycles. The molecule has 0 spiro atoms. The van der Waals surface area contributed by atoms with Crippen LogP contribution in [0.4, 0.5) is 4.79 Å². The molecule has 6 nitrogen and oxygen atoms in total. The maximum Gasteiger partial charge on any atom is 0.317 e. The smallest absolute Gasteiger partial charge is 0.317 e. The van der Waals surface area contributed by atoms with Gasteiger partial charge in [-0.1, -0.05) is 25.1 Å². The Labute approximate surface area is 155 Å². The van der Waals surface area contributed by atoms with Crippen LogP contribution in [0.25, 0.3) is 10.8 Å². The van der Waals surface area contributed by atoms with Crippen LogP contribution in [0, 0.1) is 0 Å². The highest BCUT2D eigenvalue weighted by Crippen LogP contribution is 2.18. The number of hydrogen-bond donors (Lipinski definition) is 1. The number of carbonyl (C=O) groups is 1. The molecule has 2 aromatic rings. The molecule has 0 saturated carbocycles. The van der Waals surface area contributed by atoms with Gasteiger partial charge in [0.05, 0.1) is 13.2 Å². The first-order chi connectivity index (χ1) is 12.7. The van der Waals surface area contributed by atoms with Gasteiger partial charge in [0.1, 0.15) is 0 Å². The van der Waals surface area contributed by atoms with Gasteiger partial charge < -0.3 is 15.0 Å². The Morgan fingerprint density at radius 2 is 2.15 bits per heavy atom. The molecular weight excluding hydrogens is 328 g/mol. The molecule has 0 unspecified atom stereocenters. The van der Waals surface area contributed by atoms with E-state index in [4.69, 9.17) is 4.74 Å². The zero-order valence-electron chi connectivity index (χ0n) is 15.6. The van der Waals surface area contributed by atoms with E-state index in [9.17, 15) is 4.79 Å². The third-order valence-corrected chi connectivity index (χ3v) is 5.05. The van der Waals surface area contributed by atoms with Gasteiger partial charge in [-0.05, 0) is 23.4 Å². The number of benzene rings is 1. The summed E-state index contributed by atoms with van der Waals surface area (Å²) in [5.41, 5.74) is 1.13. The van der Waals surface area contributed by atoms with Gasteiger partial charge in [0.15, 0.2) is 0 Å². The lowest BCUT2D eigenvalue weighted by molar-refractivity contribution is 0.0162. The lowest BCUT2D eigenvalue weighted by Crippen LogP contribution is -2.50. The lowest BCUT2D eigenvalue weighted by atomic mass is 10.1. The molecule has 1 N–H and O–H groups in total. The topological polar surface area (TPSA) is 57.7 Å². The number of nitrogens with one attached hydrogen (secondary N) is 1. The molecule has 1 fully saturated rings. The van der Waals surface area contributed by atoms with Gasteiger partial charge in [-0.25, -0.2) is 4.79 Å². The number of ether oxygens (including phenoxy) is 1. The minimum atomic E-state index is -0.0391. The molecule has 1 aromatic carbocycles. The number of fused-ring (bicyclic) bond motifs is 1. The number of nitrogens with zero attached hydrogens (tertiary/aromatic N) is 3. The Morgan fingerprint density at radius 3 is 2.92 bits per heavy atom. The van der Waals surface area contributed by atoms with E-state index in [1.807, 2.05) is 31.4 Å². The van der Waals surface area contributed by atoms with Crippen LogP contribution in [0.15, 0.2) is 36.7 Å². The van der Waals surface area contributed by atoms with E-state index in [0.717, 1.165) is 49.1 Å². The molecule has 3 rings (SSSR count). The first kappa shape index (κ1) is 18.6. The maximum atomic E-state index is 12.5. The third kappa shape index (κ3) is 4.51. The van der Waals surface area contributed by atoms with E-state index in [-0.39, 0.29) is 6.03 Å². The summed E-state index contributed by atoms with van der Waals surface area (Å²) in [5, 5.41) is 5.33. The molecule has 1 saturated heterocycles. The second-order valence-electron chi connectivity index (χ2n) is 6.77. The Balaban J connectivity index is 1.57. The summed E-state index contributed by atoms with van der Waals surface area (Å²) in [6.45, 7) is 6.84. The number of amides is 2. The lowest BCUT2D eigenvalue weighted by Gasteiger charge is -2.34. The van der Waals surface area contributed by atoms with Crippen LogP contribution in [0.1, 0.15) is 18.9 Å². The molecule has 1 aliphatic rings. The second kappa shape index (κ2) is 8.96. The molecule has 0 radical (unpaired) electrons. The molecule has 26 heavy (non-hydrogen) atoms. The summed E-state index contributed by atoms with van der Waals surface area (Å²) in [6.07, 6.45) is 4.66. The van der Waals surface area contributed by atoms with Crippen LogP contribution in [-0.2, 0) is 11.3 Å². The van der Waals surface area contributed by atoms with Gasteiger partial charge in [-0.15, -0.1) is 0 Å². The van der Waals surface area contributed by atoms with Crippen LogP contribution in [0.5, 0.6) is 0 Å². The predicted molar refractivity (Wildman–Crippen MR) is 103 cm³/mol. The molecule has 2 amide bonds. The quantitative estimate of drug-likeness (QED) is 0.864. The molecule has 6 heteroatoms. The van der Waals surface area contributed by atoms with Crippen molar-refractivity contribution in [1.82, 2.24) is 20.1 Å². The van der Waals surface area contributed by atoms with Crippen molar-refractivity contribution >= 4 is 16.8 Å². The van der Waals surface area contributed by atoms with Crippen molar-refractivity contribution in [1.29, 1.82) is 0 Å². The second-order valence-corrected chi connectivity index (χ2v) is 6.77. The largest absolute Gasteiger partial charge is 0.379 e. The van der Waals surface area contributed by atoms with Gasteiger partial charge in [0, 0.05) is 57.0 Å². The van der Waals surface area contributed by atoms with E-state index in [1.165, 1.54) is 0 Å². The normalized spacial score (nSPS) is 16.4. The Morgan fingerprint density at radius 1 is 1.35 bits per heavy atom. The number of morpholine rings is 1. The monoisotopic (exact) mass is 356 g/mol. The Hall–Kier alpha value is -2.18. The van der Waals surface area contributed by atoms with Crippen LogP contribution in [-0.4, -0.2) is 66.8 Å². The molecule has 0 bridgehead atoms. The standard InChI is InChI=1S/C20H28N4O2/c1-3-18(24-9-11-26-12-10-24)14-22-20(25)23(2)15-17-6-4-5-16-13-21-8-7-19(16)17/h4-8,13,18H,3,9-12,14-15H2,1-2H3,(H,22,25)/t18-/m1/s1. The minimum Gasteiger partial charge on any atom is -0.379 e. The molecule has 140 valence electrons. The predicted octanol–water partition coefficient (Wildman–Crippen LogP) is 2.49. The SMILES string of the molecule is CC[C@H](CNC(=O)N(C)Cc1cccc2cnccc12)N1CCOCC1. The first-order valence-electron chi connectivity index (χ1n) is 9.31.